The minimum Gasteiger partial charge on any atom is -0.474 e. The number of benzene rings is 2. The average molecular weight is 561 g/mol. The maximum Gasteiger partial charge on any atom is 0.265 e. The van der Waals surface area contributed by atoms with E-state index < -0.39 is 38.1 Å². The predicted octanol–water partition coefficient (Wildman–Crippen LogP) is 4.80. The second-order valence-corrected chi connectivity index (χ2v) is 11.4. The molecule has 0 atom stereocenters. The molecule has 0 bridgehead atoms. The molecule has 2 aromatic heterocycles. The van der Waals surface area contributed by atoms with Crippen LogP contribution in [0.4, 0.5) is 18.9 Å². The fourth-order valence-corrected chi connectivity index (χ4v) is 5.70. The van der Waals surface area contributed by atoms with E-state index in [2.05, 4.69) is 38.9 Å². The van der Waals surface area contributed by atoms with Crippen LogP contribution in [0.5, 0.6) is 5.88 Å². The Morgan fingerprint density at radius 3 is 2.49 bits per heavy atom. The van der Waals surface area contributed by atoms with Crippen LogP contribution in [0.15, 0.2) is 41.3 Å². The summed E-state index contributed by atoms with van der Waals surface area (Å²) in [5, 5.41) is 7.68. The van der Waals surface area contributed by atoms with Gasteiger partial charge in [-0.3, -0.25) is 9.82 Å². The molecule has 0 aliphatic carbocycles. The normalized spacial score (nSPS) is 15.3. The van der Waals surface area contributed by atoms with E-state index >= 15 is 4.39 Å². The molecular weight excluding hydrogens is 533 g/mol. The Morgan fingerprint density at radius 1 is 1.05 bits per heavy atom. The lowest BCUT2D eigenvalue weighted by Gasteiger charge is -2.34. The number of anilines is 1. The summed E-state index contributed by atoms with van der Waals surface area (Å²) in [6.45, 7) is 7.92. The second kappa shape index (κ2) is 10.5. The number of rotatable bonds is 7. The van der Waals surface area contributed by atoms with Crippen LogP contribution in [0.2, 0.25) is 0 Å². The molecule has 1 fully saturated rings. The summed E-state index contributed by atoms with van der Waals surface area (Å²) in [7, 11) is -4.60. The lowest BCUT2D eigenvalue weighted by atomic mass is 10.1. The number of nitrogens with zero attached hydrogens (tertiary/aromatic N) is 4. The maximum atomic E-state index is 15.0. The van der Waals surface area contributed by atoms with Gasteiger partial charge in [-0.05, 0) is 70.0 Å². The summed E-state index contributed by atoms with van der Waals surface area (Å²) in [6, 6.07) is 6.07. The van der Waals surface area contributed by atoms with Crippen LogP contribution in [-0.4, -0.2) is 58.7 Å². The van der Waals surface area contributed by atoms with Crippen molar-refractivity contribution < 1.29 is 26.3 Å². The highest BCUT2D eigenvalue weighted by molar-refractivity contribution is 7.92. The van der Waals surface area contributed by atoms with Crippen LogP contribution in [0.25, 0.3) is 22.4 Å². The van der Waals surface area contributed by atoms with Crippen molar-refractivity contribution in [2.45, 2.75) is 50.7 Å². The highest BCUT2D eigenvalue weighted by Gasteiger charge is 2.26. The van der Waals surface area contributed by atoms with Crippen LogP contribution in [-0.2, 0) is 10.0 Å². The molecule has 9 nitrogen and oxygen atoms in total. The minimum atomic E-state index is -4.60. The molecule has 0 radical (unpaired) electrons. The van der Waals surface area contributed by atoms with Gasteiger partial charge in [0.1, 0.15) is 33.8 Å². The van der Waals surface area contributed by atoms with Gasteiger partial charge in [-0.15, -0.1) is 0 Å². The van der Waals surface area contributed by atoms with Gasteiger partial charge < -0.3 is 9.64 Å². The first-order chi connectivity index (χ1) is 18.5. The van der Waals surface area contributed by atoms with Crippen molar-refractivity contribution in [2.75, 3.05) is 17.8 Å². The van der Waals surface area contributed by atoms with Crippen LogP contribution < -0.4 is 9.46 Å². The van der Waals surface area contributed by atoms with Gasteiger partial charge >= 0.3 is 0 Å². The van der Waals surface area contributed by atoms with Crippen molar-refractivity contribution in [2.24, 2.45) is 0 Å². The summed E-state index contributed by atoms with van der Waals surface area (Å²) in [5.74, 6) is -2.60. The Balaban J connectivity index is 1.43. The number of nitrogens with one attached hydrogen (secondary N) is 2. The maximum absolute atomic E-state index is 15.0. The zero-order valence-electron chi connectivity index (χ0n) is 21.5. The zero-order valence-corrected chi connectivity index (χ0v) is 22.3. The van der Waals surface area contributed by atoms with E-state index in [1.54, 1.807) is 6.92 Å². The number of hydrogen-bond acceptors (Lipinski definition) is 7. The topological polar surface area (TPSA) is 113 Å². The summed E-state index contributed by atoms with van der Waals surface area (Å²) in [5.41, 5.74) is 0.876. The Kier molecular flexibility index (Phi) is 7.21. The molecule has 2 N–H and O–H groups in total. The van der Waals surface area contributed by atoms with Gasteiger partial charge in [0.25, 0.3) is 10.0 Å². The molecule has 2 aromatic carbocycles. The van der Waals surface area contributed by atoms with E-state index in [0.717, 1.165) is 44.1 Å². The average Bonchev–Trinajstić information content (AvgIpc) is 3.27. The molecule has 13 heteroatoms. The SMILES string of the molecule is Cc1n[nH]c2nc(-c3ccc(NS(=O)(=O)c4cc(F)ccc4F)c(F)c3)nc(OC3CCN(C(C)C)CC3)c12. The lowest BCUT2D eigenvalue weighted by Crippen LogP contribution is -2.41. The van der Waals surface area contributed by atoms with Crippen molar-refractivity contribution in [3.63, 3.8) is 0 Å². The summed E-state index contributed by atoms with van der Waals surface area (Å²) in [4.78, 5) is 10.5. The lowest BCUT2D eigenvalue weighted by molar-refractivity contribution is 0.0824. The number of halogens is 3. The van der Waals surface area contributed by atoms with Gasteiger partial charge in [0.15, 0.2) is 11.5 Å². The van der Waals surface area contributed by atoms with Crippen LogP contribution >= 0.6 is 0 Å². The number of fused-ring (bicyclic) bond motifs is 1. The van der Waals surface area contributed by atoms with Gasteiger partial charge in [0, 0.05) is 24.7 Å². The number of H-pyrrole nitrogens is 1. The van der Waals surface area contributed by atoms with Crippen molar-refractivity contribution in [1.29, 1.82) is 0 Å². The Morgan fingerprint density at radius 2 is 1.79 bits per heavy atom. The third kappa shape index (κ3) is 5.55. The van der Waals surface area contributed by atoms with Gasteiger partial charge in [-0.25, -0.2) is 26.6 Å². The summed E-state index contributed by atoms with van der Waals surface area (Å²) in [6.07, 6.45) is 1.59. The Labute approximate surface area is 223 Å². The van der Waals surface area contributed by atoms with Gasteiger partial charge in [0.2, 0.25) is 5.88 Å². The number of sulfonamides is 1. The first kappa shape index (κ1) is 26.9. The largest absolute Gasteiger partial charge is 0.474 e. The first-order valence-electron chi connectivity index (χ1n) is 12.4. The van der Waals surface area contributed by atoms with E-state index in [4.69, 9.17) is 4.74 Å². The van der Waals surface area contributed by atoms with E-state index in [9.17, 15) is 17.2 Å². The van der Waals surface area contributed by atoms with E-state index in [1.165, 1.54) is 6.07 Å². The molecule has 39 heavy (non-hydrogen) atoms. The van der Waals surface area contributed by atoms with Crippen molar-refractivity contribution in [3.05, 3.63) is 59.5 Å². The number of hydrogen-bond donors (Lipinski definition) is 2. The third-order valence-electron chi connectivity index (χ3n) is 6.71. The molecule has 206 valence electrons. The minimum absolute atomic E-state index is 0.0583. The molecule has 0 amide bonds. The number of likely N-dealkylation sites (tertiary alicyclic amines) is 1. The molecule has 1 aliphatic rings. The fraction of sp³-hybridized carbons (Fsp3) is 0.346. The highest BCUT2D eigenvalue weighted by atomic mass is 32.2. The quantitative estimate of drug-likeness (QED) is 0.334. The second-order valence-electron chi connectivity index (χ2n) is 9.71. The van der Waals surface area contributed by atoms with E-state index in [1.807, 2.05) is 4.72 Å². The summed E-state index contributed by atoms with van der Waals surface area (Å²) < 4.78 is 76.0. The van der Waals surface area contributed by atoms with E-state index in [-0.39, 0.29) is 17.5 Å². The monoisotopic (exact) mass is 560 g/mol. The number of ether oxygens (including phenoxy) is 1. The Hall–Kier alpha value is -3.71. The third-order valence-corrected chi connectivity index (χ3v) is 8.09. The predicted molar refractivity (Wildman–Crippen MR) is 139 cm³/mol. The van der Waals surface area contributed by atoms with Gasteiger partial charge in [-0.1, -0.05) is 0 Å². The van der Waals surface area contributed by atoms with Crippen molar-refractivity contribution >= 4 is 26.7 Å². The first-order valence-corrected chi connectivity index (χ1v) is 13.9. The van der Waals surface area contributed by atoms with E-state index in [0.29, 0.717) is 40.8 Å². The van der Waals surface area contributed by atoms with Crippen molar-refractivity contribution in [1.82, 2.24) is 25.1 Å². The van der Waals surface area contributed by atoms with Crippen LogP contribution in [0.1, 0.15) is 32.4 Å². The van der Waals surface area contributed by atoms with Crippen LogP contribution in [0, 0.1) is 24.4 Å². The van der Waals surface area contributed by atoms with Gasteiger partial charge in [-0.2, -0.15) is 10.1 Å². The highest BCUT2D eigenvalue weighted by Crippen LogP contribution is 2.31. The molecule has 0 unspecified atom stereocenters. The number of aryl methyl sites for hydroxylation is 1. The number of aromatic nitrogens is 4. The molecule has 4 aromatic rings. The van der Waals surface area contributed by atoms with Crippen LogP contribution in [0.3, 0.4) is 0 Å². The number of aromatic amines is 1. The Bertz CT molecular complexity index is 1640. The number of piperidine rings is 1. The standard InChI is InChI=1S/C26H27F3N6O3S/c1-14(2)35-10-8-18(9-11-35)38-26-23-15(3)32-33-25(23)30-24(31-26)16-4-7-21(20(29)12-16)34-39(36,37)22-13-17(27)5-6-19(22)28/h4-7,12-14,18,34H,8-11H2,1-3H3,(H,30,31,32,33). The molecule has 5 rings (SSSR count). The van der Waals surface area contributed by atoms with Crippen molar-refractivity contribution in [3.8, 4) is 17.3 Å². The molecular formula is C26H27F3N6O3S. The molecule has 0 spiro atoms. The zero-order chi connectivity index (χ0) is 27.9. The fourth-order valence-electron chi connectivity index (χ4n) is 4.54. The van der Waals surface area contributed by atoms with Gasteiger partial charge in [0.05, 0.1) is 11.4 Å². The smallest absolute Gasteiger partial charge is 0.265 e. The summed E-state index contributed by atoms with van der Waals surface area (Å²) >= 11 is 0. The molecule has 0 saturated carbocycles. The molecule has 1 aliphatic heterocycles. The molecule has 3 heterocycles. The molecule has 1 saturated heterocycles.